The highest BCUT2D eigenvalue weighted by Gasteiger charge is 2.33. The zero-order valence-corrected chi connectivity index (χ0v) is 16.9. The van der Waals surface area contributed by atoms with E-state index in [1.807, 2.05) is 39.8 Å². The summed E-state index contributed by atoms with van der Waals surface area (Å²) in [7, 11) is 0. The van der Waals surface area contributed by atoms with Crippen molar-refractivity contribution in [2.75, 3.05) is 0 Å². The molecule has 136 valence electrons. The maximum atomic E-state index is 12.7. The first kappa shape index (κ1) is 19.4. The molecule has 2 N–H and O–H groups in total. The number of carbonyl (C=O) groups excluding carboxylic acids is 1. The van der Waals surface area contributed by atoms with Crippen molar-refractivity contribution in [2.45, 2.75) is 65.5 Å². The largest absolute Gasteiger partial charge is 0.456 e. The lowest BCUT2D eigenvalue weighted by molar-refractivity contribution is -0.150. The molecule has 0 aliphatic carbocycles. The van der Waals surface area contributed by atoms with Gasteiger partial charge in [-0.25, -0.2) is 4.79 Å². The molecule has 0 radical (unpaired) electrons. The van der Waals surface area contributed by atoms with Gasteiger partial charge in [0.1, 0.15) is 5.60 Å². The number of carbonyl (C=O) groups is 1. The molecule has 5 heteroatoms. The van der Waals surface area contributed by atoms with Crippen LogP contribution in [0.2, 0.25) is 0 Å². The van der Waals surface area contributed by atoms with E-state index in [4.69, 9.17) is 17.0 Å². The van der Waals surface area contributed by atoms with Crippen molar-refractivity contribution >= 4 is 23.3 Å². The molecule has 0 saturated heterocycles. The fourth-order valence-corrected chi connectivity index (χ4v) is 2.99. The molecule has 1 aliphatic heterocycles. The quantitative estimate of drug-likeness (QED) is 0.614. The molecule has 2 rings (SSSR count). The van der Waals surface area contributed by atoms with E-state index in [1.54, 1.807) is 0 Å². The van der Waals surface area contributed by atoms with Crippen molar-refractivity contribution in [1.82, 2.24) is 10.6 Å². The Kier molecular flexibility index (Phi) is 5.28. The molecule has 0 amide bonds. The lowest BCUT2D eigenvalue weighted by atomic mass is 9.85. The van der Waals surface area contributed by atoms with E-state index in [9.17, 15) is 4.79 Å². The fraction of sp³-hybridized carbons (Fsp3) is 0.500. The molecule has 25 heavy (non-hydrogen) atoms. The molecule has 4 nitrogen and oxygen atoms in total. The first-order valence-electron chi connectivity index (χ1n) is 8.50. The van der Waals surface area contributed by atoms with Gasteiger partial charge in [0.25, 0.3) is 0 Å². The van der Waals surface area contributed by atoms with Crippen LogP contribution >= 0.6 is 12.2 Å². The number of rotatable bonds is 2. The predicted molar refractivity (Wildman–Crippen MR) is 105 cm³/mol. The molecule has 1 aromatic rings. The molecule has 0 aromatic heterocycles. The van der Waals surface area contributed by atoms with E-state index in [0.29, 0.717) is 10.7 Å². The van der Waals surface area contributed by atoms with Gasteiger partial charge in [0.2, 0.25) is 0 Å². The minimum Gasteiger partial charge on any atom is -0.456 e. The first-order valence-corrected chi connectivity index (χ1v) is 8.91. The molecular formula is C20H28N2O2S. The van der Waals surface area contributed by atoms with Gasteiger partial charge in [-0.15, -0.1) is 0 Å². The van der Waals surface area contributed by atoms with Crippen LogP contribution in [0.25, 0.3) is 0 Å². The molecule has 1 aromatic carbocycles. The molecule has 0 fully saturated rings. The highest BCUT2D eigenvalue weighted by atomic mass is 32.1. The predicted octanol–water partition coefficient (Wildman–Crippen LogP) is 4.12. The third-order valence-corrected chi connectivity index (χ3v) is 4.22. The standard InChI is InChI=1S/C20H28N2O2S/c1-12-15(17(23)24-20(5,6)7)16(22-18(25)21-12)13-8-10-14(11-9-13)19(2,3)4/h8-11,16H,1-7H3,(H2,21,22,25)/t16-/m0/s1. The van der Waals surface area contributed by atoms with Crippen molar-refractivity contribution in [2.24, 2.45) is 0 Å². The number of allylic oxidation sites excluding steroid dienone is 1. The van der Waals surface area contributed by atoms with Gasteiger partial charge in [0.15, 0.2) is 5.11 Å². The van der Waals surface area contributed by atoms with Gasteiger partial charge < -0.3 is 15.4 Å². The van der Waals surface area contributed by atoms with E-state index in [-0.39, 0.29) is 17.4 Å². The summed E-state index contributed by atoms with van der Waals surface area (Å²) in [6.07, 6.45) is 0. The zero-order valence-electron chi connectivity index (χ0n) is 16.1. The molecule has 0 spiro atoms. The van der Waals surface area contributed by atoms with Crippen LogP contribution in [0.3, 0.4) is 0 Å². The number of hydrogen-bond acceptors (Lipinski definition) is 3. The van der Waals surface area contributed by atoms with E-state index >= 15 is 0 Å². The van der Waals surface area contributed by atoms with E-state index in [2.05, 4.69) is 43.5 Å². The normalized spacial score (nSPS) is 18.5. The summed E-state index contributed by atoms with van der Waals surface area (Å²) in [6.45, 7) is 14.0. The third-order valence-electron chi connectivity index (χ3n) is 4.00. The van der Waals surface area contributed by atoms with Crippen molar-refractivity contribution in [3.05, 3.63) is 46.7 Å². The summed E-state index contributed by atoms with van der Waals surface area (Å²) in [6, 6.07) is 7.97. The summed E-state index contributed by atoms with van der Waals surface area (Å²) >= 11 is 5.29. The Morgan fingerprint density at radius 3 is 2.12 bits per heavy atom. The summed E-state index contributed by atoms with van der Waals surface area (Å²) in [5.74, 6) is -0.336. The highest BCUT2D eigenvalue weighted by molar-refractivity contribution is 7.80. The molecule has 0 bridgehead atoms. The second-order valence-corrected chi connectivity index (χ2v) is 8.85. The lowest BCUT2D eigenvalue weighted by Crippen LogP contribution is -2.45. The maximum Gasteiger partial charge on any atom is 0.338 e. The Hall–Kier alpha value is -1.88. The van der Waals surface area contributed by atoms with Crippen molar-refractivity contribution in [3.8, 4) is 0 Å². The average Bonchev–Trinajstić information content (AvgIpc) is 2.43. The summed E-state index contributed by atoms with van der Waals surface area (Å²) in [5, 5.41) is 6.74. The van der Waals surface area contributed by atoms with Gasteiger partial charge in [-0.2, -0.15) is 0 Å². The second kappa shape index (κ2) is 6.79. The molecule has 1 atom stereocenters. The monoisotopic (exact) mass is 360 g/mol. The number of ether oxygens (including phenoxy) is 1. The number of thiocarbonyl (C=S) groups is 1. The second-order valence-electron chi connectivity index (χ2n) is 8.44. The van der Waals surface area contributed by atoms with Crippen LogP contribution in [-0.4, -0.2) is 16.7 Å². The van der Waals surface area contributed by atoms with Crippen LogP contribution in [0.15, 0.2) is 35.5 Å². The van der Waals surface area contributed by atoms with Crippen LogP contribution in [0.5, 0.6) is 0 Å². The molecular weight excluding hydrogens is 332 g/mol. The number of nitrogens with one attached hydrogen (secondary N) is 2. The van der Waals surface area contributed by atoms with Crippen LogP contribution < -0.4 is 10.6 Å². The van der Waals surface area contributed by atoms with Gasteiger partial charge in [-0.05, 0) is 56.5 Å². The third kappa shape index (κ3) is 4.82. The number of esters is 1. The van der Waals surface area contributed by atoms with Crippen molar-refractivity contribution in [3.63, 3.8) is 0 Å². The van der Waals surface area contributed by atoms with E-state index < -0.39 is 5.60 Å². The Balaban J connectivity index is 2.40. The van der Waals surface area contributed by atoms with Gasteiger partial charge in [0, 0.05) is 5.70 Å². The van der Waals surface area contributed by atoms with Crippen LogP contribution in [0.4, 0.5) is 0 Å². The summed E-state index contributed by atoms with van der Waals surface area (Å²) in [5.41, 5.74) is 3.04. The molecule has 1 aliphatic rings. The van der Waals surface area contributed by atoms with Gasteiger partial charge >= 0.3 is 5.97 Å². The Morgan fingerprint density at radius 1 is 1.08 bits per heavy atom. The minimum atomic E-state index is -0.553. The van der Waals surface area contributed by atoms with Crippen LogP contribution in [0.1, 0.15) is 65.6 Å². The van der Waals surface area contributed by atoms with Crippen LogP contribution in [0, 0.1) is 0 Å². The maximum absolute atomic E-state index is 12.7. The fourth-order valence-electron chi connectivity index (χ4n) is 2.72. The first-order chi connectivity index (χ1) is 11.4. The van der Waals surface area contributed by atoms with Crippen molar-refractivity contribution in [1.29, 1.82) is 0 Å². The van der Waals surface area contributed by atoms with Crippen LogP contribution in [-0.2, 0) is 14.9 Å². The molecule has 1 heterocycles. The number of benzene rings is 1. The zero-order chi connectivity index (χ0) is 19.0. The smallest absolute Gasteiger partial charge is 0.338 e. The van der Waals surface area contributed by atoms with E-state index in [0.717, 1.165) is 11.3 Å². The summed E-state index contributed by atoms with van der Waals surface area (Å²) < 4.78 is 5.59. The SMILES string of the molecule is CC1=C(C(=O)OC(C)(C)C)[C@H](c2ccc(C(C)(C)C)cc2)NC(=S)N1. The Morgan fingerprint density at radius 2 is 1.64 bits per heavy atom. The highest BCUT2D eigenvalue weighted by Crippen LogP contribution is 2.31. The van der Waals surface area contributed by atoms with E-state index in [1.165, 1.54) is 5.56 Å². The Bertz CT molecular complexity index is 707. The molecule has 0 unspecified atom stereocenters. The average molecular weight is 361 g/mol. The van der Waals surface area contributed by atoms with Gasteiger partial charge in [0.05, 0.1) is 11.6 Å². The topological polar surface area (TPSA) is 50.4 Å². The minimum absolute atomic E-state index is 0.0785. The lowest BCUT2D eigenvalue weighted by Gasteiger charge is -2.32. The van der Waals surface area contributed by atoms with Crippen molar-refractivity contribution < 1.29 is 9.53 Å². The molecule has 0 saturated carbocycles. The number of hydrogen-bond donors (Lipinski definition) is 2. The Labute approximate surface area is 156 Å². The van der Waals surface area contributed by atoms with Gasteiger partial charge in [-0.3, -0.25) is 0 Å². The summed E-state index contributed by atoms with van der Waals surface area (Å²) in [4.78, 5) is 12.7. The van der Waals surface area contributed by atoms with Gasteiger partial charge in [-0.1, -0.05) is 45.0 Å².